The number of aliphatic hydroxyl groups is 2. The van der Waals surface area contributed by atoms with Crippen molar-refractivity contribution in [1.29, 1.82) is 0 Å². The summed E-state index contributed by atoms with van der Waals surface area (Å²) >= 11 is 0. The molecule has 3 atom stereocenters. The van der Waals surface area contributed by atoms with E-state index in [-0.39, 0.29) is 12.2 Å². The van der Waals surface area contributed by atoms with Crippen LogP contribution in [-0.2, 0) is 10.4 Å². The summed E-state index contributed by atoms with van der Waals surface area (Å²) in [5.74, 6) is 0.0286. The minimum Gasteiger partial charge on any atom is -0.391 e. The van der Waals surface area contributed by atoms with Gasteiger partial charge in [-0.1, -0.05) is 41.6 Å². The van der Waals surface area contributed by atoms with Crippen LogP contribution in [0.4, 0.5) is 5.95 Å². The van der Waals surface area contributed by atoms with Crippen LogP contribution in [0.5, 0.6) is 0 Å². The Morgan fingerprint density at radius 1 is 1.03 bits per heavy atom. The lowest BCUT2D eigenvalue weighted by Crippen LogP contribution is -2.35. The number of carbonyl (C=O) groups is 1. The zero-order valence-corrected chi connectivity index (χ0v) is 19.9. The van der Waals surface area contributed by atoms with E-state index in [1.165, 1.54) is 4.90 Å². The van der Waals surface area contributed by atoms with Crippen molar-refractivity contribution >= 4 is 11.9 Å². The highest BCUT2D eigenvalue weighted by molar-refractivity contribution is 5.87. The molecule has 10 nitrogen and oxygen atoms in total. The van der Waals surface area contributed by atoms with Gasteiger partial charge in [0.25, 0.3) is 5.91 Å². The minimum atomic E-state index is -1.72. The number of rotatable bonds is 7. The van der Waals surface area contributed by atoms with E-state index < -0.39 is 23.7 Å². The first kappa shape index (κ1) is 23.6. The summed E-state index contributed by atoms with van der Waals surface area (Å²) in [5.41, 5.74) is 1.24. The smallest absolute Gasteiger partial charge is 0.262 e. The van der Waals surface area contributed by atoms with Gasteiger partial charge < -0.3 is 25.0 Å². The molecule has 0 spiro atoms. The Balaban J connectivity index is 1.40. The summed E-state index contributed by atoms with van der Waals surface area (Å²) in [6.07, 6.45) is 1.18. The van der Waals surface area contributed by atoms with Crippen molar-refractivity contribution in [1.82, 2.24) is 25.0 Å². The lowest BCUT2D eigenvalue weighted by Gasteiger charge is -2.22. The third kappa shape index (κ3) is 4.43. The van der Waals surface area contributed by atoms with Crippen molar-refractivity contribution in [3.63, 3.8) is 0 Å². The van der Waals surface area contributed by atoms with Crippen LogP contribution in [0.2, 0.25) is 0 Å². The molecule has 1 aromatic carbocycles. The van der Waals surface area contributed by atoms with Gasteiger partial charge in [-0.2, -0.15) is 0 Å². The van der Waals surface area contributed by atoms with E-state index in [4.69, 9.17) is 4.52 Å². The van der Waals surface area contributed by atoms with Crippen molar-refractivity contribution in [2.24, 2.45) is 0 Å². The lowest BCUT2D eigenvalue weighted by atomic mass is 9.98. The maximum absolute atomic E-state index is 12.4. The van der Waals surface area contributed by atoms with Crippen LogP contribution in [0.3, 0.4) is 0 Å². The summed E-state index contributed by atoms with van der Waals surface area (Å²) in [4.78, 5) is 27.4. The Morgan fingerprint density at radius 2 is 1.75 bits per heavy atom. The maximum atomic E-state index is 12.4. The standard InChI is InChI=1S/C26H26N6O4/c1-16(33)23(17-7-4-3-5-8-17)30-25-27-13-11-20(29-25)18-9-6-10-19(28-18)21-15-22(36-31-21)26(35)12-14-32(2)24(26)34/h3-11,13,15-16,23,33,35H,12,14H2,1-2H3,(H,27,29,30)/t16?,23?,26-/m1/s1. The molecule has 0 aliphatic carbocycles. The molecule has 1 fully saturated rings. The zero-order valence-electron chi connectivity index (χ0n) is 19.9. The molecular weight excluding hydrogens is 460 g/mol. The van der Waals surface area contributed by atoms with Crippen LogP contribution in [0.25, 0.3) is 22.8 Å². The van der Waals surface area contributed by atoms with Gasteiger partial charge in [0.15, 0.2) is 5.76 Å². The monoisotopic (exact) mass is 486 g/mol. The molecule has 0 saturated carbocycles. The fraction of sp³-hybridized carbons (Fsp3) is 0.269. The van der Waals surface area contributed by atoms with E-state index in [2.05, 4.69) is 25.4 Å². The molecule has 36 heavy (non-hydrogen) atoms. The number of nitrogens with zero attached hydrogens (tertiary/aromatic N) is 5. The fourth-order valence-electron chi connectivity index (χ4n) is 4.25. The Labute approximate surface area is 207 Å². The van der Waals surface area contributed by atoms with Gasteiger partial charge in [-0.05, 0) is 30.7 Å². The first-order valence-electron chi connectivity index (χ1n) is 11.6. The van der Waals surface area contributed by atoms with Gasteiger partial charge in [-0.15, -0.1) is 0 Å². The number of hydrogen-bond donors (Lipinski definition) is 3. The Kier molecular flexibility index (Phi) is 6.21. The molecule has 4 aromatic rings. The highest BCUT2D eigenvalue weighted by Gasteiger charge is 2.48. The van der Waals surface area contributed by atoms with E-state index in [9.17, 15) is 15.0 Å². The van der Waals surface area contributed by atoms with Crippen LogP contribution < -0.4 is 5.32 Å². The number of likely N-dealkylation sites (N-methyl/N-ethyl adjacent to an activating group) is 1. The van der Waals surface area contributed by atoms with Gasteiger partial charge in [0.1, 0.15) is 5.69 Å². The van der Waals surface area contributed by atoms with Gasteiger partial charge in [0.2, 0.25) is 11.5 Å². The Bertz CT molecular complexity index is 1380. The van der Waals surface area contributed by atoms with Crippen LogP contribution >= 0.6 is 0 Å². The first-order valence-corrected chi connectivity index (χ1v) is 11.6. The second-order valence-electron chi connectivity index (χ2n) is 8.86. The van der Waals surface area contributed by atoms with Crippen LogP contribution in [0.15, 0.2) is 71.4 Å². The number of aliphatic hydroxyl groups excluding tert-OH is 1. The third-order valence-electron chi connectivity index (χ3n) is 6.28. The van der Waals surface area contributed by atoms with E-state index in [1.54, 1.807) is 38.4 Å². The summed E-state index contributed by atoms with van der Waals surface area (Å²) in [7, 11) is 1.64. The summed E-state index contributed by atoms with van der Waals surface area (Å²) in [6.45, 7) is 2.14. The molecule has 4 heterocycles. The molecule has 10 heteroatoms. The Morgan fingerprint density at radius 3 is 2.44 bits per heavy atom. The highest BCUT2D eigenvalue weighted by Crippen LogP contribution is 2.34. The SMILES string of the molecule is CC(O)C(Nc1nccc(-c2cccc(-c3cc([C@]4(O)CCN(C)C4=O)on3)n2)n1)c1ccccc1. The van der Waals surface area contributed by atoms with E-state index in [1.807, 2.05) is 42.5 Å². The van der Waals surface area contributed by atoms with Crippen LogP contribution in [0.1, 0.15) is 30.7 Å². The first-order chi connectivity index (χ1) is 17.3. The predicted molar refractivity (Wildman–Crippen MR) is 131 cm³/mol. The summed E-state index contributed by atoms with van der Waals surface area (Å²) in [6, 6.07) is 17.9. The second kappa shape index (κ2) is 9.48. The highest BCUT2D eigenvalue weighted by atomic mass is 16.5. The van der Waals surface area contributed by atoms with Crippen LogP contribution in [-0.4, -0.2) is 60.8 Å². The van der Waals surface area contributed by atoms with Crippen molar-refractivity contribution in [3.05, 3.63) is 78.2 Å². The largest absolute Gasteiger partial charge is 0.391 e. The van der Waals surface area contributed by atoms with Gasteiger partial charge in [-0.25, -0.2) is 15.0 Å². The average molecular weight is 487 g/mol. The second-order valence-corrected chi connectivity index (χ2v) is 8.86. The van der Waals surface area contributed by atoms with Gasteiger partial charge in [-0.3, -0.25) is 4.79 Å². The van der Waals surface area contributed by atoms with E-state index in [0.717, 1.165) is 5.56 Å². The van der Waals surface area contributed by atoms with Gasteiger partial charge >= 0.3 is 0 Å². The molecule has 3 N–H and O–H groups in total. The predicted octanol–water partition coefficient (Wildman–Crippen LogP) is 2.78. The molecule has 1 amide bonds. The quantitative estimate of drug-likeness (QED) is 0.360. The number of anilines is 1. The van der Waals surface area contributed by atoms with E-state index in [0.29, 0.717) is 35.3 Å². The number of likely N-dealkylation sites (tertiary alicyclic amines) is 1. The molecule has 0 radical (unpaired) electrons. The molecule has 1 aliphatic rings. The van der Waals surface area contributed by atoms with E-state index >= 15 is 0 Å². The average Bonchev–Trinajstić information content (AvgIpc) is 3.50. The number of amides is 1. The number of hydrogen-bond acceptors (Lipinski definition) is 9. The summed E-state index contributed by atoms with van der Waals surface area (Å²) < 4.78 is 5.35. The Hall–Kier alpha value is -4.15. The molecule has 5 rings (SSSR count). The van der Waals surface area contributed by atoms with Crippen molar-refractivity contribution in [3.8, 4) is 22.8 Å². The molecule has 1 aliphatic heterocycles. The van der Waals surface area contributed by atoms with Crippen LogP contribution in [0, 0.1) is 0 Å². The molecular formula is C26H26N6O4. The number of benzene rings is 1. The van der Waals surface area contributed by atoms with Crippen molar-refractivity contribution < 1.29 is 19.5 Å². The van der Waals surface area contributed by atoms with Gasteiger partial charge in [0, 0.05) is 32.3 Å². The van der Waals surface area contributed by atoms with Crippen molar-refractivity contribution in [2.75, 3.05) is 18.9 Å². The normalized spacial score (nSPS) is 19.3. The number of carbonyl (C=O) groups excluding carboxylic acids is 1. The fourth-order valence-corrected chi connectivity index (χ4v) is 4.25. The third-order valence-corrected chi connectivity index (χ3v) is 6.28. The number of nitrogens with one attached hydrogen (secondary N) is 1. The maximum Gasteiger partial charge on any atom is 0.262 e. The topological polar surface area (TPSA) is 138 Å². The molecule has 0 bridgehead atoms. The number of aromatic nitrogens is 4. The zero-order chi connectivity index (χ0) is 25.3. The molecule has 2 unspecified atom stereocenters. The van der Waals surface area contributed by atoms with Crippen molar-refractivity contribution in [2.45, 2.75) is 31.1 Å². The molecule has 1 saturated heterocycles. The lowest BCUT2D eigenvalue weighted by molar-refractivity contribution is -0.144. The van der Waals surface area contributed by atoms with Gasteiger partial charge in [0.05, 0.1) is 29.2 Å². The minimum absolute atomic E-state index is 0.0950. The number of pyridine rings is 1. The summed E-state index contributed by atoms with van der Waals surface area (Å²) in [5, 5.41) is 28.4. The molecule has 184 valence electrons. The molecule has 3 aromatic heterocycles.